The normalized spacial score (nSPS) is 29.2. The minimum Gasteiger partial charge on any atom is -0.393 e. The van der Waals surface area contributed by atoms with Crippen LogP contribution in [0.25, 0.3) is 0 Å². The van der Waals surface area contributed by atoms with E-state index in [0.717, 1.165) is 208 Å². The Morgan fingerprint density at radius 2 is 0.398 bits per heavy atom. The first kappa shape index (κ1) is 137. The number of rotatable bonds is 20. The number of hydrogen-bond acceptors (Lipinski definition) is 1. The first-order valence-electron chi connectivity index (χ1n) is 60.3. The van der Waals surface area contributed by atoms with Gasteiger partial charge in [-0.1, -0.05) is 417 Å². The highest BCUT2D eigenvalue weighted by molar-refractivity contribution is 4.90. The molecule has 133 heavy (non-hydrogen) atoms. The van der Waals surface area contributed by atoms with Crippen LogP contribution in [-0.2, 0) is 0 Å². The highest BCUT2D eigenvalue weighted by Crippen LogP contribution is 2.50. The van der Waals surface area contributed by atoms with E-state index in [2.05, 4.69) is 339 Å². The maximum absolute atomic E-state index is 9.15. The molecule has 1 heteroatoms. The van der Waals surface area contributed by atoms with Gasteiger partial charge in [-0.25, -0.2) is 0 Å². The summed E-state index contributed by atoms with van der Waals surface area (Å²) in [5.74, 6) is 32.0. The van der Waals surface area contributed by atoms with Gasteiger partial charge in [0.1, 0.15) is 0 Å². The topological polar surface area (TPSA) is 20.2 Å². The van der Waals surface area contributed by atoms with Crippen molar-refractivity contribution < 1.29 is 5.11 Å². The molecular formula is C132H270O. The molecule has 12 fully saturated rings. The van der Waals surface area contributed by atoms with Crippen molar-refractivity contribution in [1.82, 2.24) is 0 Å². The van der Waals surface area contributed by atoms with Crippen LogP contribution in [0.15, 0.2) is 0 Å². The molecule has 1 nitrogen and oxygen atoms in total. The molecule has 0 saturated heterocycles. The van der Waals surface area contributed by atoms with Gasteiger partial charge >= 0.3 is 0 Å². The molecule has 12 rings (SSSR count). The SMILES string of the molecule is C.CC(C)C1CC(C)(C)C1.CC(C)C1CC(C)(C)C1.CC(C)C1CCC(C)(C)CC1.CC(C)C1CCC(C)(C)CC1.CC(C)[C@@H]1CC[C@@H](C)C1.CC(C)[C@@H]1CC[C@H](C)C1.CC(C)[C@H]1CC[C@@H](O)C1.CC(C)[C@H]1CC[C@H](C)C1.CC1CC(C(C)C)C1.CC1CC(C(C)C)C1.CC1CCC(C(C)C)CC1.CC1CCC(C(C)C)CC1.CCC(C)(C)CCC(C)C.CCC(C)(C)CCC(C)C. The van der Waals surface area contributed by atoms with Crippen LogP contribution in [0.3, 0.4) is 0 Å². The van der Waals surface area contributed by atoms with Gasteiger partial charge in [0.25, 0.3) is 0 Å². The van der Waals surface area contributed by atoms with Gasteiger partial charge in [-0.15, -0.1) is 0 Å². The predicted octanol–water partition coefficient (Wildman–Crippen LogP) is 45.6. The Hall–Kier alpha value is -0.0400. The van der Waals surface area contributed by atoms with Crippen molar-refractivity contribution in [3.05, 3.63) is 0 Å². The molecule has 12 saturated carbocycles. The molecular weight excluding hydrogens is 1600 g/mol. The summed E-state index contributed by atoms with van der Waals surface area (Å²) in [6, 6.07) is 0. The van der Waals surface area contributed by atoms with Crippen molar-refractivity contribution in [1.29, 1.82) is 0 Å². The Labute approximate surface area is 849 Å². The Kier molecular flexibility index (Phi) is 72.0. The van der Waals surface area contributed by atoms with Gasteiger partial charge in [0, 0.05) is 0 Å². The summed E-state index contributed by atoms with van der Waals surface area (Å²) in [6.45, 7) is 115. The van der Waals surface area contributed by atoms with Gasteiger partial charge in [-0.3, -0.25) is 0 Å². The van der Waals surface area contributed by atoms with Crippen LogP contribution in [0.4, 0.5) is 0 Å². The largest absolute Gasteiger partial charge is 0.393 e. The molecule has 804 valence electrons. The summed E-state index contributed by atoms with van der Waals surface area (Å²) >= 11 is 0. The fourth-order valence-electron chi connectivity index (χ4n) is 23.6. The number of aliphatic hydroxyl groups excluding tert-OH is 1. The Bertz CT molecular complexity index is 2360. The van der Waals surface area contributed by atoms with Crippen molar-refractivity contribution in [3.63, 3.8) is 0 Å². The second kappa shape index (κ2) is 69.9. The third-order valence-electron chi connectivity index (χ3n) is 37.6. The molecule has 0 aromatic rings. The van der Waals surface area contributed by atoms with Crippen molar-refractivity contribution >= 4 is 0 Å². The Morgan fingerprint density at radius 1 is 0.218 bits per heavy atom. The highest BCUT2D eigenvalue weighted by atomic mass is 16.3. The molecule has 1 N–H and O–H groups in total. The molecule has 8 atom stereocenters. The highest BCUT2D eigenvalue weighted by Gasteiger charge is 2.39. The molecule has 0 bridgehead atoms. The molecule has 0 aromatic carbocycles. The van der Waals surface area contributed by atoms with E-state index in [9.17, 15) is 0 Å². The summed E-state index contributed by atoms with van der Waals surface area (Å²) < 4.78 is 0. The minimum absolute atomic E-state index is 0. The summed E-state index contributed by atoms with van der Waals surface area (Å²) in [4.78, 5) is 0. The summed E-state index contributed by atoms with van der Waals surface area (Å²) in [5, 5.41) is 9.15. The molecule has 12 aliphatic carbocycles. The molecule has 0 unspecified atom stereocenters. The van der Waals surface area contributed by atoms with Gasteiger partial charge in [0.2, 0.25) is 0 Å². The molecule has 0 spiro atoms. The van der Waals surface area contributed by atoms with Gasteiger partial charge in [-0.2, -0.15) is 0 Å². The van der Waals surface area contributed by atoms with Crippen LogP contribution in [0.1, 0.15) is 616 Å². The van der Waals surface area contributed by atoms with Crippen molar-refractivity contribution in [2.75, 3.05) is 0 Å². The lowest BCUT2D eigenvalue weighted by Gasteiger charge is -2.45. The molecule has 0 radical (unpaired) electrons. The van der Waals surface area contributed by atoms with Crippen LogP contribution >= 0.6 is 0 Å². The molecule has 0 amide bonds. The fourth-order valence-corrected chi connectivity index (χ4v) is 23.6. The zero-order valence-corrected chi connectivity index (χ0v) is 102. The summed E-state index contributed by atoms with van der Waals surface area (Å²) in [5.41, 5.74) is 3.79. The van der Waals surface area contributed by atoms with Crippen LogP contribution < -0.4 is 0 Å². The first-order chi connectivity index (χ1) is 60.6. The number of aliphatic hydroxyl groups is 1. The lowest BCUT2D eigenvalue weighted by atomic mass is 9.61. The van der Waals surface area contributed by atoms with Crippen LogP contribution in [0.5, 0.6) is 0 Å². The van der Waals surface area contributed by atoms with Crippen LogP contribution in [0, 0.1) is 228 Å². The predicted molar refractivity (Wildman–Crippen MR) is 614 cm³/mol. The van der Waals surface area contributed by atoms with Gasteiger partial charge < -0.3 is 5.11 Å². The lowest BCUT2D eigenvalue weighted by molar-refractivity contribution is 0.0614. The third-order valence-corrected chi connectivity index (χ3v) is 37.6. The van der Waals surface area contributed by atoms with E-state index in [4.69, 9.17) is 5.11 Å². The van der Waals surface area contributed by atoms with E-state index in [-0.39, 0.29) is 13.5 Å². The molecule has 0 aromatic heterocycles. The molecule has 12 aliphatic rings. The average Bonchev–Trinajstić information content (AvgIpc) is 0.915. The second-order valence-electron chi connectivity index (χ2n) is 59.5. The monoisotopic (exact) mass is 1870 g/mol. The Morgan fingerprint density at radius 3 is 0.526 bits per heavy atom. The van der Waals surface area contributed by atoms with E-state index >= 15 is 0 Å². The van der Waals surface area contributed by atoms with Crippen molar-refractivity contribution in [2.24, 2.45) is 228 Å². The quantitative estimate of drug-likeness (QED) is 0.129. The van der Waals surface area contributed by atoms with E-state index in [1.807, 2.05) is 0 Å². The van der Waals surface area contributed by atoms with Gasteiger partial charge in [0.05, 0.1) is 6.10 Å². The number of hydrogen-bond donors (Lipinski definition) is 1. The first-order valence-corrected chi connectivity index (χ1v) is 60.3. The van der Waals surface area contributed by atoms with Crippen LogP contribution in [-0.4, -0.2) is 11.2 Å². The zero-order valence-electron chi connectivity index (χ0n) is 102. The zero-order chi connectivity index (χ0) is 102. The van der Waals surface area contributed by atoms with E-state index in [1.54, 1.807) is 0 Å². The summed E-state index contributed by atoms with van der Waals surface area (Å²) in [6.07, 6.45) is 59.9. The van der Waals surface area contributed by atoms with Gasteiger partial charge in [0.15, 0.2) is 0 Å². The van der Waals surface area contributed by atoms with E-state index in [0.29, 0.717) is 32.5 Å². The van der Waals surface area contributed by atoms with Crippen molar-refractivity contribution in [3.8, 4) is 0 Å². The second-order valence-corrected chi connectivity index (χ2v) is 59.5. The Balaban J connectivity index is -0.00000137. The lowest BCUT2D eigenvalue weighted by Crippen LogP contribution is -2.34. The molecule has 0 heterocycles. The third kappa shape index (κ3) is 67.3. The standard InChI is InChI=1S/2C11H22.2C10H20.2C10H22.5C9H18.C8H16O.2C8H16.CH4/c2*1-9(2)10-5-7-11(3,4)8-6-10;2*1-8(2)10-6-4-9(3)5-7-10;2*1-6-10(4,5)8-7-9(2)3;2*1-7(2)8-5-9(3,4)6-8;3*1-7(2)9-5-4-8(3)6-9;1-6(2)7-3-4-8(9)5-7;2*1-6(2)8-4-7(3)5-8;/h2*9-10H,5-8H2,1-4H3;2*8-10H,4-7H2,1-3H3;2*9H,6-8H2,1-5H3;2*7-8H,5-6H2,1-4H3;3*7-9H,4-6H2,1-3H3;6-9H,3-5H2,1-2H3;2*6-8H,4-5H2,1-3H3;1H4/t;;;;;;;;8-,9+;2*8-,9-;7-,8+;;;/m........0100.../s1. The smallest absolute Gasteiger partial charge is 0.0543 e. The maximum atomic E-state index is 9.15. The van der Waals surface area contributed by atoms with Crippen molar-refractivity contribution in [2.45, 2.75) is 622 Å². The van der Waals surface area contributed by atoms with Gasteiger partial charge in [-0.05, 0) is 427 Å². The van der Waals surface area contributed by atoms with E-state index < -0.39 is 0 Å². The van der Waals surface area contributed by atoms with E-state index in [1.165, 1.54) is 257 Å². The molecule has 0 aliphatic heterocycles. The average molecular weight is 1870 g/mol. The minimum atomic E-state index is 0. The summed E-state index contributed by atoms with van der Waals surface area (Å²) in [7, 11) is 0. The fraction of sp³-hybridized carbons (Fsp3) is 1.00. The maximum Gasteiger partial charge on any atom is 0.0543 e. The van der Waals surface area contributed by atoms with Crippen LogP contribution in [0.2, 0.25) is 0 Å².